The third-order valence-corrected chi connectivity index (χ3v) is 10.7. The highest BCUT2D eigenvalue weighted by molar-refractivity contribution is 5.64. The first-order chi connectivity index (χ1) is 15.0. The van der Waals surface area contributed by atoms with E-state index < -0.39 is 5.60 Å². The number of ether oxygens (including phenoxy) is 3. The summed E-state index contributed by atoms with van der Waals surface area (Å²) < 4.78 is 19.2. The molecule has 0 amide bonds. The van der Waals surface area contributed by atoms with Crippen molar-refractivity contribution in [3.63, 3.8) is 0 Å². The smallest absolute Gasteiger partial charge is 0.165 e. The SMILES string of the molecule is COc1ccc2c3c1O[C@H]1C4(OC)CC[C@@]5(C[C@]4(C)CO)[C@@H](C2)N(CC2CC2)CCC315. The van der Waals surface area contributed by atoms with Gasteiger partial charge in [0.05, 0.1) is 13.7 Å². The third-order valence-electron chi connectivity index (χ3n) is 10.7. The Morgan fingerprint density at radius 1 is 1.19 bits per heavy atom. The van der Waals surface area contributed by atoms with E-state index in [1.165, 1.54) is 30.5 Å². The minimum absolute atomic E-state index is 0.0296. The maximum Gasteiger partial charge on any atom is 0.165 e. The molecule has 6 atom stereocenters. The van der Waals surface area contributed by atoms with Crippen molar-refractivity contribution in [3.05, 3.63) is 23.3 Å². The number of methoxy groups -OCH3 is 2. The first-order valence-corrected chi connectivity index (χ1v) is 12.3. The van der Waals surface area contributed by atoms with Gasteiger partial charge >= 0.3 is 0 Å². The summed E-state index contributed by atoms with van der Waals surface area (Å²) in [4.78, 5) is 2.84. The van der Waals surface area contributed by atoms with Gasteiger partial charge in [0, 0.05) is 41.5 Å². The van der Waals surface area contributed by atoms with E-state index in [2.05, 4.69) is 24.0 Å². The molecule has 1 saturated heterocycles. The van der Waals surface area contributed by atoms with Crippen molar-refractivity contribution in [1.82, 2.24) is 4.90 Å². The zero-order valence-corrected chi connectivity index (χ0v) is 19.1. The molecule has 1 aromatic carbocycles. The second-order valence-electron chi connectivity index (χ2n) is 11.7. The number of hydrogen-bond acceptors (Lipinski definition) is 5. The Balaban J connectivity index is 1.50. The summed E-state index contributed by atoms with van der Waals surface area (Å²) in [5.41, 5.74) is 2.22. The minimum Gasteiger partial charge on any atom is -0.493 e. The number of nitrogens with zero attached hydrogens (tertiary/aromatic N) is 1. The van der Waals surface area contributed by atoms with Gasteiger partial charge in [0.2, 0.25) is 0 Å². The van der Waals surface area contributed by atoms with Crippen molar-refractivity contribution in [3.8, 4) is 11.5 Å². The van der Waals surface area contributed by atoms with Crippen LogP contribution in [0.1, 0.15) is 56.6 Å². The highest BCUT2D eigenvalue weighted by atomic mass is 16.6. The summed E-state index contributed by atoms with van der Waals surface area (Å²) in [6, 6.07) is 4.94. The van der Waals surface area contributed by atoms with Crippen LogP contribution < -0.4 is 9.47 Å². The van der Waals surface area contributed by atoms with Crippen LogP contribution in [0.3, 0.4) is 0 Å². The molecule has 5 nitrogen and oxygen atoms in total. The van der Waals surface area contributed by atoms with Crippen LogP contribution in [0.4, 0.5) is 0 Å². The predicted molar refractivity (Wildman–Crippen MR) is 117 cm³/mol. The molecule has 5 heteroatoms. The van der Waals surface area contributed by atoms with Gasteiger partial charge < -0.3 is 19.3 Å². The number of aliphatic hydroxyl groups excluding tert-OH is 1. The molecule has 2 unspecified atom stereocenters. The highest BCUT2D eigenvalue weighted by Gasteiger charge is 2.83. The maximum absolute atomic E-state index is 10.7. The average molecular weight is 426 g/mol. The lowest BCUT2D eigenvalue weighted by Crippen LogP contribution is -2.83. The minimum atomic E-state index is -0.467. The summed E-state index contributed by atoms with van der Waals surface area (Å²) in [7, 11) is 3.59. The molecule has 4 saturated carbocycles. The third kappa shape index (κ3) is 1.90. The van der Waals surface area contributed by atoms with E-state index in [9.17, 15) is 5.11 Å². The topological polar surface area (TPSA) is 51.2 Å². The maximum atomic E-state index is 10.7. The molecule has 1 N–H and O–H groups in total. The van der Waals surface area contributed by atoms with Crippen LogP contribution >= 0.6 is 0 Å². The van der Waals surface area contributed by atoms with Crippen molar-refractivity contribution >= 4 is 0 Å². The molecule has 4 bridgehead atoms. The van der Waals surface area contributed by atoms with Gasteiger partial charge in [-0.05, 0) is 69.0 Å². The van der Waals surface area contributed by atoms with Gasteiger partial charge in [-0.15, -0.1) is 0 Å². The summed E-state index contributed by atoms with van der Waals surface area (Å²) in [6.45, 7) is 4.80. The van der Waals surface area contributed by atoms with E-state index in [1.807, 2.05) is 7.11 Å². The lowest BCUT2D eigenvalue weighted by Gasteiger charge is -2.76. The average Bonchev–Trinajstić information content (AvgIpc) is 3.52. The van der Waals surface area contributed by atoms with Crippen LogP contribution in [0.2, 0.25) is 0 Å². The Morgan fingerprint density at radius 3 is 2.74 bits per heavy atom. The van der Waals surface area contributed by atoms with Gasteiger partial charge in [0.15, 0.2) is 11.5 Å². The Labute approximate surface area is 185 Å². The van der Waals surface area contributed by atoms with E-state index >= 15 is 0 Å². The fraction of sp³-hybridized carbons (Fsp3) is 0.769. The zero-order valence-electron chi connectivity index (χ0n) is 19.1. The van der Waals surface area contributed by atoms with Gasteiger partial charge in [-0.2, -0.15) is 0 Å². The van der Waals surface area contributed by atoms with Crippen molar-refractivity contribution in [2.45, 2.75) is 75.0 Å². The largest absolute Gasteiger partial charge is 0.493 e. The normalized spacial score (nSPS) is 46.6. The molecule has 2 heterocycles. The summed E-state index contributed by atoms with van der Waals surface area (Å²) in [5, 5.41) is 10.7. The van der Waals surface area contributed by atoms with Crippen molar-refractivity contribution in [2.24, 2.45) is 16.7 Å². The van der Waals surface area contributed by atoms with Crippen LogP contribution in [-0.2, 0) is 16.6 Å². The molecule has 7 aliphatic rings. The van der Waals surface area contributed by atoms with Gasteiger partial charge in [-0.25, -0.2) is 0 Å². The molecule has 5 fully saturated rings. The number of aliphatic hydroxyl groups is 1. The van der Waals surface area contributed by atoms with Crippen LogP contribution in [0.25, 0.3) is 0 Å². The van der Waals surface area contributed by atoms with Gasteiger partial charge in [-0.1, -0.05) is 13.0 Å². The molecule has 0 aromatic heterocycles. The summed E-state index contributed by atoms with van der Waals surface area (Å²) in [5.74, 6) is 2.71. The standard InChI is InChI=1S/C26H35NO4/c1-23(15-28)14-24-8-9-26(23,30-3)22-25(24)10-11-27(13-16-4-5-16)19(24)12-17-6-7-18(29-2)21(31-22)20(17)25/h6-7,16,19,22,28H,4-5,8-15H2,1-3H3/t19-,22-,23-,24-,25?,26?/m1/s1. The number of fused-ring (bicyclic) bond motifs is 2. The number of piperidine rings is 1. The monoisotopic (exact) mass is 425 g/mol. The number of likely N-dealkylation sites (tertiary alicyclic amines) is 1. The van der Waals surface area contributed by atoms with E-state index in [0.29, 0.717) is 6.04 Å². The van der Waals surface area contributed by atoms with Crippen LogP contribution in [0, 0.1) is 16.7 Å². The fourth-order valence-electron chi connectivity index (χ4n) is 9.31. The Kier molecular flexibility index (Phi) is 3.58. The molecule has 0 radical (unpaired) electrons. The number of benzene rings is 1. The quantitative estimate of drug-likeness (QED) is 0.785. The molecule has 31 heavy (non-hydrogen) atoms. The fourth-order valence-corrected chi connectivity index (χ4v) is 9.31. The van der Waals surface area contributed by atoms with Crippen molar-refractivity contribution in [1.29, 1.82) is 0 Å². The zero-order chi connectivity index (χ0) is 21.2. The first-order valence-electron chi connectivity index (χ1n) is 12.3. The van der Waals surface area contributed by atoms with Crippen molar-refractivity contribution < 1.29 is 19.3 Å². The highest BCUT2D eigenvalue weighted by Crippen LogP contribution is 2.78. The Morgan fingerprint density at radius 2 is 2.03 bits per heavy atom. The van der Waals surface area contributed by atoms with E-state index in [1.54, 1.807) is 7.11 Å². The predicted octanol–water partition coefficient (Wildman–Crippen LogP) is 3.30. The first kappa shape index (κ1) is 19.2. The lowest BCUT2D eigenvalue weighted by atomic mass is 9.32. The molecule has 2 spiro atoms. The van der Waals surface area contributed by atoms with E-state index in [4.69, 9.17) is 14.2 Å². The van der Waals surface area contributed by atoms with E-state index in [0.717, 1.165) is 56.1 Å². The van der Waals surface area contributed by atoms with Gasteiger partial charge in [0.25, 0.3) is 0 Å². The molecular formula is C26H35NO4. The van der Waals surface area contributed by atoms with Gasteiger partial charge in [0.1, 0.15) is 11.7 Å². The number of rotatable bonds is 5. The summed E-state index contributed by atoms with van der Waals surface area (Å²) >= 11 is 0. The molecule has 5 aliphatic carbocycles. The molecular weight excluding hydrogens is 390 g/mol. The van der Waals surface area contributed by atoms with Crippen LogP contribution in [0.15, 0.2) is 12.1 Å². The van der Waals surface area contributed by atoms with Crippen LogP contribution in [0.5, 0.6) is 11.5 Å². The second-order valence-corrected chi connectivity index (χ2v) is 11.7. The van der Waals surface area contributed by atoms with E-state index in [-0.39, 0.29) is 29.0 Å². The molecule has 168 valence electrons. The van der Waals surface area contributed by atoms with Crippen LogP contribution in [-0.4, -0.2) is 61.7 Å². The molecule has 1 aromatic rings. The second kappa shape index (κ2) is 5.78. The lowest BCUT2D eigenvalue weighted by molar-refractivity contribution is -0.311. The van der Waals surface area contributed by atoms with Gasteiger partial charge in [-0.3, -0.25) is 4.90 Å². The molecule has 2 aliphatic heterocycles. The Hall–Kier alpha value is -1.30. The Bertz CT molecular complexity index is 961. The number of hydrogen-bond donors (Lipinski definition) is 1. The van der Waals surface area contributed by atoms with Crippen molar-refractivity contribution in [2.75, 3.05) is 33.9 Å². The summed E-state index contributed by atoms with van der Waals surface area (Å²) in [6.07, 6.45) is 8.11. The molecule has 8 rings (SSSR count).